The molecule has 1 fully saturated rings. The molecule has 0 bridgehead atoms. The molecule has 28 heavy (non-hydrogen) atoms. The Kier molecular flexibility index (Phi) is 5.29. The smallest absolute Gasteiger partial charge is 0.232 e. The molecule has 0 aliphatic heterocycles. The van der Waals surface area contributed by atoms with Gasteiger partial charge in [0.05, 0.1) is 5.41 Å². The second kappa shape index (κ2) is 7.71. The standard InChI is InChI=1S/C25H32N2O/c1-3-27-23(18-12-8-9-17(18)2)15-16-25(24(26)28)21-13-6-4-10-19(21)20-11-5-7-14-22(20)25/h4-7,10-11,13-14,17-18,23,27H,3,8-9,12,15-16H2,1-2H3,(H2,26,28). The number of hydrogen-bond donors (Lipinski definition) is 2. The van der Waals surface area contributed by atoms with Crippen molar-refractivity contribution in [2.45, 2.75) is 57.4 Å². The fourth-order valence-electron chi connectivity index (χ4n) is 5.86. The maximum absolute atomic E-state index is 13.0. The quantitative estimate of drug-likeness (QED) is 0.740. The number of fused-ring (bicyclic) bond motifs is 3. The van der Waals surface area contributed by atoms with Crippen molar-refractivity contribution in [3.05, 3.63) is 59.7 Å². The predicted octanol–water partition coefficient (Wildman–Crippen LogP) is 4.63. The Hall–Kier alpha value is -2.13. The van der Waals surface area contributed by atoms with Gasteiger partial charge in [-0.15, -0.1) is 0 Å². The summed E-state index contributed by atoms with van der Waals surface area (Å²) in [6.45, 7) is 5.52. The van der Waals surface area contributed by atoms with Crippen molar-refractivity contribution in [2.75, 3.05) is 6.54 Å². The zero-order valence-electron chi connectivity index (χ0n) is 17.1. The number of carbonyl (C=O) groups is 1. The maximum atomic E-state index is 13.0. The molecule has 3 heteroatoms. The summed E-state index contributed by atoms with van der Waals surface area (Å²) in [5.74, 6) is 1.22. The van der Waals surface area contributed by atoms with E-state index in [-0.39, 0.29) is 5.91 Å². The number of amides is 1. The van der Waals surface area contributed by atoms with Gasteiger partial charge >= 0.3 is 0 Å². The molecule has 3 unspecified atom stereocenters. The summed E-state index contributed by atoms with van der Waals surface area (Å²) in [6, 6.07) is 17.0. The number of nitrogens with one attached hydrogen (secondary N) is 1. The first-order valence-corrected chi connectivity index (χ1v) is 10.8. The number of carbonyl (C=O) groups excluding carboxylic acids is 1. The minimum Gasteiger partial charge on any atom is -0.369 e. The van der Waals surface area contributed by atoms with Gasteiger partial charge in [0.2, 0.25) is 5.91 Å². The highest BCUT2D eigenvalue weighted by Crippen LogP contribution is 2.51. The van der Waals surface area contributed by atoms with E-state index in [9.17, 15) is 4.79 Å². The van der Waals surface area contributed by atoms with Crippen molar-refractivity contribution >= 4 is 5.91 Å². The maximum Gasteiger partial charge on any atom is 0.232 e. The van der Waals surface area contributed by atoms with Crippen LogP contribution < -0.4 is 11.1 Å². The van der Waals surface area contributed by atoms with Crippen LogP contribution in [0, 0.1) is 11.8 Å². The highest BCUT2D eigenvalue weighted by Gasteiger charge is 2.48. The molecule has 2 aromatic rings. The Morgan fingerprint density at radius 2 is 1.71 bits per heavy atom. The Balaban J connectivity index is 1.72. The minimum atomic E-state index is -0.720. The van der Waals surface area contributed by atoms with Gasteiger partial charge < -0.3 is 11.1 Å². The average Bonchev–Trinajstić information content (AvgIpc) is 3.25. The van der Waals surface area contributed by atoms with E-state index in [0.29, 0.717) is 12.0 Å². The van der Waals surface area contributed by atoms with Gasteiger partial charge in [-0.25, -0.2) is 0 Å². The highest BCUT2D eigenvalue weighted by molar-refractivity contribution is 5.99. The Morgan fingerprint density at radius 1 is 1.11 bits per heavy atom. The first-order valence-electron chi connectivity index (χ1n) is 10.8. The van der Waals surface area contributed by atoms with Gasteiger partial charge in [-0.1, -0.05) is 75.2 Å². The lowest BCUT2D eigenvalue weighted by Crippen LogP contribution is -2.44. The van der Waals surface area contributed by atoms with Gasteiger partial charge in [-0.2, -0.15) is 0 Å². The zero-order chi connectivity index (χ0) is 19.7. The molecule has 1 amide bonds. The van der Waals surface area contributed by atoms with Crippen LogP contribution in [-0.4, -0.2) is 18.5 Å². The molecule has 2 aliphatic rings. The normalized spacial score (nSPS) is 23.2. The van der Waals surface area contributed by atoms with Gasteiger partial charge in [0.25, 0.3) is 0 Å². The number of hydrogen-bond acceptors (Lipinski definition) is 2. The number of nitrogens with two attached hydrogens (primary N) is 1. The molecule has 148 valence electrons. The van der Waals surface area contributed by atoms with Crippen LogP contribution in [0.4, 0.5) is 0 Å². The van der Waals surface area contributed by atoms with E-state index >= 15 is 0 Å². The van der Waals surface area contributed by atoms with Crippen LogP contribution in [0.2, 0.25) is 0 Å². The van der Waals surface area contributed by atoms with E-state index in [4.69, 9.17) is 5.73 Å². The molecule has 0 spiro atoms. The van der Waals surface area contributed by atoms with E-state index in [1.54, 1.807) is 0 Å². The van der Waals surface area contributed by atoms with Crippen molar-refractivity contribution in [2.24, 2.45) is 17.6 Å². The first kappa shape index (κ1) is 19.2. The van der Waals surface area contributed by atoms with Gasteiger partial charge in [0, 0.05) is 6.04 Å². The van der Waals surface area contributed by atoms with Crippen LogP contribution in [0.25, 0.3) is 11.1 Å². The molecular weight excluding hydrogens is 344 g/mol. The SMILES string of the molecule is CCNC(CCC1(C(N)=O)c2ccccc2-c2ccccc21)C1CCCC1C. The van der Waals surface area contributed by atoms with E-state index in [2.05, 4.69) is 43.4 Å². The second-order valence-electron chi connectivity index (χ2n) is 8.64. The molecule has 2 aromatic carbocycles. The first-order chi connectivity index (χ1) is 13.6. The van der Waals surface area contributed by atoms with Crippen molar-refractivity contribution in [3.8, 4) is 11.1 Å². The third-order valence-corrected chi connectivity index (χ3v) is 7.23. The summed E-state index contributed by atoms with van der Waals surface area (Å²) in [5, 5.41) is 3.73. The summed E-state index contributed by atoms with van der Waals surface area (Å²) in [7, 11) is 0. The molecule has 0 aromatic heterocycles. The monoisotopic (exact) mass is 376 g/mol. The van der Waals surface area contributed by atoms with Crippen molar-refractivity contribution < 1.29 is 4.79 Å². The molecule has 3 N–H and O–H groups in total. The summed E-state index contributed by atoms with van der Waals surface area (Å²) in [4.78, 5) is 13.0. The zero-order valence-corrected chi connectivity index (χ0v) is 17.1. The third-order valence-electron chi connectivity index (χ3n) is 7.23. The van der Waals surface area contributed by atoms with Crippen LogP contribution in [0.1, 0.15) is 57.1 Å². The number of rotatable bonds is 7. The minimum absolute atomic E-state index is 0.223. The molecule has 3 atom stereocenters. The molecular formula is C25H32N2O. The fraction of sp³-hybridized carbons (Fsp3) is 0.480. The van der Waals surface area contributed by atoms with Gasteiger partial charge in [0.1, 0.15) is 0 Å². The highest BCUT2D eigenvalue weighted by atomic mass is 16.1. The van der Waals surface area contributed by atoms with Crippen LogP contribution in [0.5, 0.6) is 0 Å². The fourth-order valence-corrected chi connectivity index (χ4v) is 5.86. The summed E-state index contributed by atoms with van der Waals surface area (Å²) >= 11 is 0. The van der Waals surface area contributed by atoms with Gasteiger partial charge in [0.15, 0.2) is 0 Å². The van der Waals surface area contributed by atoms with E-state index in [1.165, 1.54) is 19.3 Å². The summed E-state index contributed by atoms with van der Waals surface area (Å²) < 4.78 is 0. The van der Waals surface area contributed by atoms with Crippen molar-refractivity contribution in [1.29, 1.82) is 0 Å². The molecule has 4 rings (SSSR count). The molecule has 3 nitrogen and oxygen atoms in total. The number of primary amides is 1. The lowest BCUT2D eigenvalue weighted by molar-refractivity contribution is -0.122. The van der Waals surface area contributed by atoms with Crippen molar-refractivity contribution in [1.82, 2.24) is 5.32 Å². The van der Waals surface area contributed by atoms with Crippen molar-refractivity contribution in [3.63, 3.8) is 0 Å². The average molecular weight is 377 g/mol. The molecule has 1 saturated carbocycles. The third kappa shape index (κ3) is 2.97. The van der Waals surface area contributed by atoms with Crippen LogP contribution in [0.3, 0.4) is 0 Å². The van der Waals surface area contributed by atoms with E-state index in [0.717, 1.165) is 47.6 Å². The predicted molar refractivity (Wildman–Crippen MR) is 115 cm³/mol. The second-order valence-corrected chi connectivity index (χ2v) is 8.64. The molecule has 2 aliphatic carbocycles. The molecule has 0 radical (unpaired) electrons. The van der Waals surface area contributed by atoms with Gasteiger partial charge in [-0.05, 0) is 59.9 Å². The topological polar surface area (TPSA) is 55.1 Å². The largest absolute Gasteiger partial charge is 0.369 e. The number of benzene rings is 2. The lowest BCUT2D eigenvalue weighted by Gasteiger charge is -2.33. The van der Waals surface area contributed by atoms with E-state index in [1.807, 2.05) is 24.3 Å². The lowest BCUT2D eigenvalue weighted by atomic mass is 9.72. The Bertz CT molecular complexity index is 814. The van der Waals surface area contributed by atoms with Gasteiger partial charge in [-0.3, -0.25) is 4.79 Å². The Morgan fingerprint density at radius 3 is 2.21 bits per heavy atom. The van der Waals surface area contributed by atoms with E-state index < -0.39 is 5.41 Å². The summed E-state index contributed by atoms with van der Waals surface area (Å²) in [5.41, 5.74) is 9.91. The Labute approximate surface area is 168 Å². The molecule has 0 saturated heterocycles. The van der Waals surface area contributed by atoms with Crippen LogP contribution >= 0.6 is 0 Å². The summed E-state index contributed by atoms with van der Waals surface area (Å²) in [6.07, 6.45) is 5.65. The molecule has 0 heterocycles. The van der Waals surface area contributed by atoms with Crippen LogP contribution in [-0.2, 0) is 10.2 Å². The van der Waals surface area contributed by atoms with Crippen LogP contribution in [0.15, 0.2) is 48.5 Å².